The Morgan fingerprint density at radius 3 is 2.55 bits per heavy atom. The van der Waals surface area contributed by atoms with E-state index in [0.717, 1.165) is 21.2 Å². The summed E-state index contributed by atoms with van der Waals surface area (Å²) in [4.78, 5) is 17.5. The van der Waals surface area contributed by atoms with E-state index in [9.17, 15) is 9.90 Å². The molecule has 1 unspecified atom stereocenters. The van der Waals surface area contributed by atoms with Crippen molar-refractivity contribution in [2.24, 2.45) is 0 Å². The first kappa shape index (κ1) is 22.3. The molecule has 0 bridgehead atoms. The second-order valence-corrected chi connectivity index (χ2v) is 10.1. The third kappa shape index (κ3) is 4.24. The minimum atomic E-state index is -1.55. The first-order valence-electron chi connectivity index (χ1n) is 9.74. The Bertz CT molecular complexity index is 1250. The lowest BCUT2D eigenvalue weighted by molar-refractivity contribution is 0.0460. The first-order valence-corrected chi connectivity index (χ1v) is 11.3. The molecule has 3 aromatic rings. The molecule has 31 heavy (non-hydrogen) atoms. The monoisotopic (exact) mass is 519 g/mol. The molecule has 1 aliphatic carbocycles. The van der Waals surface area contributed by atoms with Gasteiger partial charge in [0, 0.05) is 21.5 Å². The Kier molecular flexibility index (Phi) is 5.90. The summed E-state index contributed by atoms with van der Waals surface area (Å²) in [6.45, 7) is 4.67. The molecular weight excluding hydrogens is 501 g/mol. The highest BCUT2D eigenvalue weighted by molar-refractivity contribution is 9.11. The highest BCUT2D eigenvalue weighted by atomic mass is 79.9. The largest absolute Gasteiger partial charge is 0.434 e. The first-order chi connectivity index (χ1) is 14.6. The quantitative estimate of drug-likeness (QED) is 0.295. The number of hydrogen-bond donors (Lipinski definition) is 1. The Morgan fingerprint density at radius 2 is 1.94 bits per heavy atom. The van der Waals surface area contributed by atoms with Gasteiger partial charge in [0.2, 0.25) is 11.5 Å². The Labute approximate surface area is 198 Å². The maximum absolute atomic E-state index is 12.7. The smallest absolute Gasteiger partial charge is 0.229 e. The van der Waals surface area contributed by atoms with Crippen molar-refractivity contribution in [1.29, 1.82) is 0 Å². The summed E-state index contributed by atoms with van der Waals surface area (Å²) in [7, 11) is 0. The Hall–Kier alpha value is -1.92. The molecule has 1 aliphatic rings. The predicted octanol–water partition coefficient (Wildman–Crippen LogP) is 7.08. The number of aliphatic hydroxyl groups is 1. The Balaban J connectivity index is 1.99. The summed E-state index contributed by atoms with van der Waals surface area (Å²) < 4.78 is 6.86. The number of Topliss-reactive ketones (excluding diaryl/α,β-unsaturated/α-hetero) is 1. The van der Waals surface area contributed by atoms with Gasteiger partial charge < -0.3 is 9.52 Å². The van der Waals surface area contributed by atoms with Crippen molar-refractivity contribution >= 4 is 61.6 Å². The van der Waals surface area contributed by atoms with Gasteiger partial charge in [0.05, 0.1) is 11.1 Å². The van der Waals surface area contributed by atoms with Gasteiger partial charge in [-0.15, -0.1) is 11.6 Å². The van der Waals surface area contributed by atoms with Gasteiger partial charge in [-0.3, -0.25) is 4.79 Å². The predicted molar refractivity (Wildman–Crippen MR) is 129 cm³/mol. The van der Waals surface area contributed by atoms with Gasteiger partial charge >= 0.3 is 0 Å². The second kappa shape index (κ2) is 8.21. The zero-order chi connectivity index (χ0) is 22.5. The van der Waals surface area contributed by atoms with E-state index in [2.05, 4.69) is 15.9 Å². The van der Waals surface area contributed by atoms with E-state index in [0.29, 0.717) is 33.8 Å². The number of furan rings is 1. The number of benzene rings is 1. The van der Waals surface area contributed by atoms with Crippen LogP contribution in [-0.2, 0) is 0 Å². The maximum Gasteiger partial charge on any atom is 0.229 e. The lowest BCUT2D eigenvalue weighted by atomic mass is 9.93. The molecule has 1 atom stereocenters. The van der Waals surface area contributed by atoms with E-state index in [1.165, 1.54) is 13.8 Å². The van der Waals surface area contributed by atoms with Crippen LogP contribution in [-0.4, -0.2) is 26.9 Å². The number of carbonyl (C=O) groups excluding carboxylic acids is 1. The van der Waals surface area contributed by atoms with Crippen LogP contribution >= 0.6 is 39.1 Å². The summed E-state index contributed by atoms with van der Waals surface area (Å²) in [6.07, 6.45) is 4.55. The van der Waals surface area contributed by atoms with E-state index in [1.54, 1.807) is 6.92 Å². The lowest BCUT2D eigenvalue weighted by Gasteiger charge is -2.19. The molecule has 2 heterocycles. The fourth-order valence-electron chi connectivity index (χ4n) is 3.56. The summed E-state index contributed by atoms with van der Waals surface area (Å²) in [5.41, 5.74) is 2.74. The van der Waals surface area contributed by atoms with Gasteiger partial charge in [-0.05, 0) is 61.0 Å². The SMILES string of the molecule is Cc1c(C(=O)C(C)(C)O)oc2nc(C3=CC=C(Br)CC3Cl)c(-c3ccc(Cl)cc3)cc12. The molecule has 7 heteroatoms. The molecule has 1 aromatic carbocycles. The minimum Gasteiger partial charge on any atom is -0.434 e. The van der Waals surface area contributed by atoms with E-state index < -0.39 is 11.4 Å². The molecule has 4 nitrogen and oxygen atoms in total. The van der Waals surface area contributed by atoms with Crippen molar-refractivity contribution < 1.29 is 14.3 Å². The molecule has 1 N–H and O–H groups in total. The van der Waals surface area contributed by atoms with Crippen LogP contribution in [0.3, 0.4) is 0 Å². The zero-order valence-electron chi connectivity index (χ0n) is 17.2. The minimum absolute atomic E-state index is 0.108. The molecule has 0 saturated heterocycles. The molecule has 0 radical (unpaired) electrons. The third-order valence-electron chi connectivity index (χ3n) is 5.28. The van der Waals surface area contributed by atoms with Gasteiger partial charge in [0.25, 0.3) is 0 Å². The number of hydrogen-bond acceptors (Lipinski definition) is 4. The molecule has 0 saturated carbocycles. The van der Waals surface area contributed by atoms with Crippen molar-refractivity contribution in [2.45, 2.75) is 38.2 Å². The van der Waals surface area contributed by atoms with E-state index in [-0.39, 0.29) is 11.1 Å². The molecule has 0 aliphatic heterocycles. The van der Waals surface area contributed by atoms with Crippen LogP contribution in [0.4, 0.5) is 0 Å². The topological polar surface area (TPSA) is 63.3 Å². The molecule has 0 spiro atoms. The molecule has 0 amide bonds. The van der Waals surface area contributed by atoms with E-state index >= 15 is 0 Å². The van der Waals surface area contributed by atoms with E-state index in [4.69, 9.17) is 32.6 Å². The zero-order valence-corrected chi connectivity index (χ0v) is 20.3. The summed E-state index contributed by atoms with van der Waals surface area (Å²) in [6, 6.07) is 9.44. The Morgan fingerprint density at radius 1 is 1.26 bits per heavy atom. The van der Waals surface area contributed by atoms with Crippen LogP contribution in [0.15, 0.2) is 51.4 Å². The van der Waals surface area contributed by atoms with Gasteiger partial charge in [-0.25, -0.2) is 4.98 Å². The fourth-order valence-corrected chi connectivity index (χ4v) is 4.67. The number of fused-ring (bicyclic) bond motifs is 1. The van der Waals surface area contributed by atoms with Gasteiger partial charge in [-0.1, -0.05) is 51.8 Å². The molecule has 2 aromatic heterocycles. The summed E-state index contributed by atoms with van der Waals surface area (Å²) in [5.74, 6) is -0.381. The van der Waals surface area contributed by atoms with Crippen LogP contribution < -0.4 is 0 Å². The van der Waals surface area contributed by atoms with Crippen LogP contribution in [0.2, 0.25) is 5.02 Å². The number of nitrogens with zero attached hydrogens (tertiary/aromatic N) is 1. The highest BCUT2D eigenvalue weighted by Gasteiger charge is 2.32. The number of pyridine rings is 1. The van der Waals surface area contributed by atoms with Crippen LogP contribution in [0.1, 0.15) is 42.1 Å². The number of halogens is 3. The number of ketones is 1. The summed E-state index contributed by atoms with van der Waals surface area (Å²) >= 11 is 16.3. The highest BCUT2D eigenvalue weighted by Crippen LogP contribution is 2.40. The van der Waals surface area contributed by atoms with Gasteiger partial charge in [-0.2, -0.15) is 0 Å². The van der Waals surface area contributed by atoms with Crippen molar-refractivity contribution in [1.82, 2.24) is 4.98 Å². The van der Waals surface area contributed by atoms with Crippen LogP contribution in [0, 0.1) is 6.92 Å². The molecule has 0 fully saturated rings. The molecule has 160 valence electrons. The average Bonchev–Trinajstić information content (AvgIpc) is 3.02. The standard InChI is InChI=1S/C24H20BrCl2NO3/c1-12-17-11-18(13-4-7-15(26)8-5-13)20(16-9-6-14(25)10-19(16)27)28-23(17)31-21(12)22(29)24(2,3)30/h4-9,11,19,30H,10H2,1-3H3. The van der Waals surface area contributed by atoms with Crippen molar-refractivity contribution in [3.8, 4) is 11.1 Å². The fraction of sp³-hybridized carbons (Fsp3) is 0.250. The van der Waals surface area contributed by atoms with Crippen LogP contribution in [0.5, 0.6) is 0 Å². The number of aryl methyl sites for hydroxylation is 1. The average molecular weight is 521 g/mol. The molecule has 4 rings (SSSR count). The van der Waals surface area contributed by atoms with Gasteiger partial charge in [0.1, 0.15) is 5.60 Å². The van der Waals surface area contributed by atoms with E-state index in [1.807, 2.05) is 42.5 Å². The summed E-state index contributed by atoms with van der Waals surface area (Å²) in [5, 5.41) is 11.3. The van der Waals surface area contributed by atoms with Gasteiger partial charge in [0.15, 0.2) is 5.76 Å². The number of aromatic nitrogens is 1. The lowest BCUT2D eigenvalue weighted by Crippen LogP contribution is -2.31. The second-order valence-electron chi connectivity index (χ2n) is 8.10. The molecular formula is C24H20BrCl2NO3. The normalized spacial score (nSPS) is 16.9. The van der Waals surface area contributed by atoms with Crippen molar-refractivity contribution in [3.63, 3.8) is 0 Å². The van der Waals surface area contributed by atoms with Crippen LogP contribution in [0.25, 0.3) is 27.8 Å². The maximum atomic E-state index is 12.7. The van der Waals surface area contributed by atoms with Crippen molar-refractivity contribution in [2.75, 3.05) is 0 Å². The number of carbonyl (C=O) groups is 1. The number of rotatable bonds is 4. The number of alkyl halides is 1. The third-order valence-corrected chi connectivity index (χ3v) is 6.51. The number of allylic oxidation sites excluding steroid dienone is 4. The van der Waals surface area contributed by atoms with Crippen molar-refractivity contribution in [3.05, 3.63) is 69.0 Å².